The average molecular weight is 259 g/mol. The van der Waals surface area contributed by atoms with E-state index in [1.54, 1.807) is 24.5 Å². The molecule has 1 aromatic heterocycles. The third-order valence-electron chi connectivity index (χ3n) is 3.27. The topological polar surface area (TPSA) is 54.0 Å². The molecule has 2 rings (SSSR count). The molecule has 0 unspecified atom stereocenters. The van der Waals surface area contributed by atoms with Gasteiger partial charge in [-0.3, -0.25) is 15.2 Å². The summed E-state index contributed by atoms with van der Waals surface area (Å²) in [4.78, 5) is 15.8. The Balaban J connectivity index is 1.96. The number of allylic oxidation sites excluding steroid dienone is 2. The highest BCUT2D eigenvalue weighted by Crippen LogP contribution is 2.35. The van der Waals surface area contributed by atoms with Crippen molar-refractivity contribution in [1.29, 1.82) is 0 Å². The van der Waals surface area contributed by atoms with Crippen LogP contribution in [-0.2, 0) is 0 Å². The van der Waals surface area contributed by atoms with Gasteiger partial charge in [0.05, 0.1) is 5.56 Å². The van der Waals surface area contributed by atoms with Gasteiger partial charge in [-0.05, 0) is 36.3 Å². The number of hydrazine groups is 1. The van der Waals surface area contributed by atoms with E-state index < -0.39 is 0 Å². The lowest BCUT2D eigenvalue weighted by Crippen LogP contribution is -2.39. The number of carbonyl (C=O) groups excluding carboxylic acids is 1. The fraction of sp³-hybridized carbons (Fsp3) is 0.467. The van der Waals surface area contributed by atoms with Crippen LogP contribution in [0.15, 0.2) is 36.3 Å². The van der Waals surface area contributed by atoms with Gasteiger partial charge in [0.25, 0.3) is 5.91 Å². The minimum absolute atomic E-state index is 0.162. The molecule has 1 aliphatic rings. The molecule has 1 aromatic rings. The minimum Gasteiger partial charge on any atom is -0.303 e. The lowest BCUT2D eigenvalue weighted by atomic mass is 9.76. The molecule has 0 aliphatic heterocycles. The van der Waals surface area contributed by atoms with Gasteiger partial charge < -0.3 is 5.43 Å². The Labute approximate surface area is 114 Å². The quantitative estimate of drug-likeness (QED) is 0.820. The van der Waals surface area contributed by atoms with Gasteiger partial charge in [-0.25, -0.2) is 0 Å². The molecule has 0 fully saturated rings. The number of hydrogen-bond acceptors (Lipinski definition) is 3. The zero-order chi connectivity index (χ0) is 13.9. The lowest BCUT2D eigenvalue weighted by Gasteiger charge is -2.32. The zero-order valence-corrected chi connectivity index (χ0v) is 11.7. The molecule has 0 saturated carbocycles. The second-order valence-corrected chi connectivity index (χ2v) is 5.99. The summed E-state index contributed by atoms with van der Waals surface area (Å²) in [5.74, 6) is 0.461. The van der Waals surface area contributed by atoms with Gasteiger partial charge in [0.15, 0.2) is 0 Å². The Bertz CT molecular complexity index is 479. The van der Waals surface area contributed by atoms with Gasteiger partial charge in [-0.2, -0.15) is 0 Å². The molecule has 0 spiro atoms. The van der Waals surface area contributed by atoms with Crippen molar-refractivity contribution in [2.75, 3.05) is 0 Å². The summed E-state index contributed by atoms with van der Waals surface area (Å²) in [6, 6.07) is 3.49. The monoisotopic (exact) mass is 259 g/mol. The maximum atomic E-state index is 11.9. The van der Waals surface area contributed by atoms with Crippen LogP contribution >= 0.6 is 0 Å². The minimum atomic E-state index is -0.162. The summed E-state index contributed by atoms with van der Waals surface area (Å²) in [7, 11) is 0. The highest BCUT2D eigenvalue weighted by atomic mass is 16.2. The molecule has 1 heterocycles. The lowest BCUT2D eigenvalue weighted by molar-refractivity contribution is 0.0936. The number of rotatable bonds is 3. The molecule has 0 saturated heterocycles. The molecule has 4 nitrogen and oxygen atoms in total. The fourth-order valence-corrected chi connectivity index (χ4v) is 2.73. The molecule has 2 N–H and O–H groups in total. The van der Waals surface area contributed by atoms with E-state index in [1.165, 1.54) is 6.42 Å². The van der Waals surface area contributed by atoms with E-state index in [0.29, 0.717) is 11.5 Å². The van der Waals surface area contributed by atoms with Crippen LogP contribution in [0.3, 0.4) is 0 Å². The van der Waals surface area contributed by atoms with E-state index in [4.69, 9.17) is 0 Å². The summed E-state index contributed by atoms with van der Waals surface area (Å²) < 4.78 is 0. The van der Waals surface area contributed by atoms with E-state index >= 15 is 0 Å². The van der Waals surface area contributed by atoms with Crippen molar-refractivity contribution >= 4 is 5.91 Å². The number of nitrogens with one attached hydrogen (secondary N) is 2. The fourth-order valence-electron chi connectivity index (χ4n) is 2.73. The smallest absolute Gasteiger partial charge is 0.271 e. The van der Waals surface area contributed by atoms with Gasteiger partial charge >= 0.3 is 0 Å². The summed E-state index contributed by atoms with van der Waals surface area (Å²) in [6.45, 7) is 6.67. The molecule has 19 heavy (non-hydrogen) atoms. The second kappa shape index (κ2) is 5.43. The Kier molecular flexibility index (Phi) is 3.88. The van der Waals surface area contributed by atoms with Crippen LogP contribution in [0.5, 0.6) is 0 Å². The largest absolute Gasteiger partial charge is 0.303 e. The van der Waals surface area contributed by atoms with Gasteiger partial charge in [-0.1, -0.05) is 26.8 Å². The van der Waals surface area contributed by atoms with Crippen LogP contribution in [0, 0.1) is 11.3 Å². The zero-order valence-electron chi connectivity index (χ0n) is 11.7. The van der Waals surface area contributed by atoms with Crippen molar-refractivity contribution < 1.29 is 4.79 Å². The van der Waals surface area contributed by atoms with Crippen LogP contribution in [-0.4, -0.2) is 10.9 Å². The molecule has 4 heteroatoms. The molecule has 0 radical (unpaired) electrons. The molecule has 1 amide bonds. The molecule has 1 atom stereocenters. The van der Waals surface area contributed by atoms with Gasteiger partial charge in [0.1, 0.15) is 0 Å². The van der Waals surface area contributed by atoms with Gasteiger partial charge in [0, 0.05) is 18.1 Å². The third-order valence-corrected chi connectivity index (χ3v) is 3.27. The molecular formula is C15H21N3O. The predicted octanol–water partition coefficient (Wildman–Crippen LogP) is 2.66. The first-order valence-corrected chi connectivity index (χ1v) is 6.64. The summed E-state index contributed by atoms with van der Waals surface area (Å²) in [5.41, 5.74) is 7.59. The second-order valence-electron chi connectivity index (χ2n) is 5.99. The predicted molar refractivity (Wildman–Crippen MR) is 75.1 cm³/mol. The number of aromatic nitrogens is 1. The van der Waals surface area contributed by atoms with Crippen LogP contribution in [0.2, 0.25) is 0 Å². The first-order chi connectivity index (χ1) is 8.96. The molecule has 0 aromatic carbocycles. The Morgan fingerprint density at radius 1 is 1.47 bits per heavy atom. The van der Waals surface area contributed by atoms with Crippen molar-refractivity contribution in [3.05, 3.63) is 41.9 Å². The molecule has 0 bridgehead atoms. The standard InChI is InChI=1S/C15H21N3O/c1-11-7-13(9-15(2,3)8-11)17-18-14(19)12-5-4-6-16-10-12/h4-6,9-11,17H,7-8H2,1-3H3,(H,18,19)/t11-/m0/s1. The highest BCUT2D eigenvalue weighted by molar-refractivity contribution is 5.93. The van der Waals surface area contributed by atoms with Crippen molar-refractivity contribution in [2.24, 2.45) is 11.3 Å². The van der Waals surface area contributed by atoms with Crippen molar-refractivity contribution in [3.63, 3.8) is 0 Å². The van der Waals surface area contributed by atoms with Gasteiger partial charge in [0.2, 0.25) is 0 Å². The number of hydrogen-bond donors (Lipinski definition) is 2. The molecule has 102 valence electrons. The van der Waals surface area contributed by atoms with E-state index in [0.717, 1.165) is 12.1 Å². The number of pyridine rings is 1. The molecular weight excluding hydrogens is 238 g/mol. The average Bonchev–Trinajstić information content (AvgIpc) is 2.34. The number of carbonyl (C=O) groups is 1. The first-order valence-electron chi connectivity index (χ1n) is 6.64. The summed E-state index contributed by atoms with van der Waals surface area (Å²) >= 11 is 0. The summed E-state index contributed by atoms with van der Waals surface area (Å²) in [5, 5.41) is 0. The van der Waals surface area contributed by atoms with Crippen molar-refractivity contribution in [3.8, 4) is 0 Å². The SMILES string of the molecule is C[C@H]1CC(NNC(=O)c2cccnc2)=CC(C)(C)C1. The van der Waals surface area contributed by atoms with Gasteiger partial charge in [-0.15, -0.1) is 0 Å². The summed E-state index contributed by atoms with van der Waals surface area (Å²) in [6.07, 6.45) is 7.55. The van der Waals surface area contributed by atoms with E-state index in [2.05, 4.69) is 42.7 Å². The van der Waals surface area contributed by atoms with Crippen LogP contribution in [0.25, 0.3) is 0 Å². The number of nitrogens with zero attached hydrogens (tertiary/aromatic N) is 1. The van der Waals surface area contributed by atoms with Crippen LogP contribution < -0.4 is 10.9 Å². The number of amides is 1. The van der Waals surface area contributed by atoms with Crippen molar-refractivity contribution in [1.82, 2.24) is 15.8 Å². The Morgan fingerprint density at radius 2 is 2.26 bits per heavy atom. The highest BCUT2D eigenvalue weighted by Gasteiger charge is 2.25. The van der Waals surface area contributed by atoms with Crippen LogP contribution in [0.1, 0.15) is 44.0 Å². The van der Waals surface area contributed by atoms with Crippen LogP contribution in [0.4, 0.5) is 0 Å². The molecule has 1 aliphatic carbocycles. The third kappa shape index (κ3) is 3.81. The maximum absolute atomic E-state index is 11.9. The first kappa shape index (κ1) is 13.6. The van der Waals surface area contributed by atoms with E-state index in [-0.39, 0.29) is 11.3 Å². The van der Waals surface area contributed by atoms with E-state index in [9.17, 15) is 4.79 Å². The Morgan fingerprint density at radius 3 is 2.89 bits per heavy atom. The van der Waals surface area contributed by atoms with Crippen molar-refractivity contribution in [2.45, 2.75) is 33.6 Å². The normalized spacial score (nSPS) is 21.4. The Hall–Kier alpha value is -1.84. The maximum Gasteiger partial charge on any atom is 0.271 e. The van der Waals surface area contributed by atoms with E-state index in [1.807, 2.05) is 0 Å².